The van der Waals surface area contributed by atoms with Crippen LogP contribution in [0.15, 0.2) is 84.9 Å². The first-order chi connectivity index (χ1) is 15.1. The highest BCUT2D eigenvalue weighted by molar-refractivity contribution is 5.77. The molecular formula is C27H28NO3+. The Morgan fingerprint density at radius 3 is 2.19 bits per heavy atom. The summed E-state index contributed by atoms with van der Waals surface area (Å²) in [5, 5.41) is 9.23. The van der Waals surface area contributed by atoms with Gasteiger partial charge in [-0.25, -0.2) is 4.79 Å². The number of carboxylic acids is 1. The van der Waals surface area contributed by atoms with Crippen LogP contribution in [-0.2, 0) is 22.4 Å². The molecule has 158 valence electrons. The number of rotatable bonds is 7. The standard InChI is InChI=1S/C27H27NO3/c29-25(15-16-26(30)31)28(19-17-21-9-3-1-4-10-21)20-18-22-11-7-8-14-24(22)27(28)23-12-5-2-6-13-23/h1-14,27H,15-20H2/p+1. The lowest BCUT2D eigenvalue weighted by atomic mass is 9.84. The second-order valence-corrected chi connectivity index (χ2v) is 8.27. The first kappa shape index (κ1) is 21.0. The minimum Gasteiger partial charge on any atom is -0.481 e. The van der Waals surface area contributed by atoms with Gasteiger partial charge in [0.15, 0.2) is 0 Å². The van der Waals surface area contributed by atoms with Crippen molar-refractivity contribution in [1.82, 2.24) is 0 Å². The summed E-state index contributed by atoms with van der Waals surface area (Å²) in [6.07, 6.45) is 1.50. The Morgan fingerprint density at radius 2 is 1.48 bits per heavy atom. The number of nitrogens with zero attached hydrogens (tertiary/aromatic N) is 1. The monoisotopic (exact) mass is 414 g/mol. The molecule has 0 bridgehead atoms. The van der Waals surface area contributed by atoms with Gasteiger partial charge >= 0.3 is 11.9 Å². The van der Waals surface area contributed by atoms with Gasteiger partial charge in [-0.3, -0.25) is 9.28 Å². The number of benzene rings is 3. The fraction of sp³-hybridized carbons (Fsp3) is 0.259. The molecule has 1 heterocycles. The summed E-state index contributed by atoms with van der Waals surface area (Å²) in [5.74, 6) is -0.912. The molecule has 2 unspecified atom stereocenters. The van der Waals surface area contributed by atoms with Crippen molar-refractivity contribution < 1.29 is 19.2 Å². The lowest BCUT2D eigenvalue weighted by Crippen LogP contribution is -2.59. The zero-order valence-corrected chi connectivity index (χ0v) is 17.6. The van der Waals surface area contributed by atoms with E-state index in [-0.39, 0.29) is 29.3 Å². The van der Waals surface area contributed by atoms with E-state index in [1.54, 1.807) is 0 Å². The highest BCUT2D eigenvalue weighted by atomic mass is 16.4. The van der Waals surface area contributed by atoms with Crippen molar-refractivity contribution in [2.45, 2.75) is 31.7 Å². The van der Waals surface area contributed by atoms with Gasteiger partial charge in [0.2, 0.25) is 0 Å². The molecule has 4 nitrogen and oxygen atoms in total. The summed E-state index contributed by atoms with van der Waals surface area (Å²) in [4.78, 5) is 25.0. The van der Waals surface area contributed by atoms with Crippen LogP contribution in [-0.4, -0.2) is 34.6 Å². The zero-order chi connectivity index (χ0) is 21.7. The van der Waals surface area contributed by atoms with E-state index in [2.05, 4.69) is 42.5 Å². The van der Waals surface area contributed by atoms with Gasteiger partial charge in [0.1, 0.15) is 6.04 Å². The number of hydrogen-bond donors (Lipinski definition) is 1. The summed E-state index contributed by atoms with van der Waals surface area (Å²) in [6.45, 7) is 1.33. The molecule has 1 aliphatic heterocycles. The molecule has 1 amide bonds. The van der Waals surface area contributed by atoms with E-state index in [0.717, 1.165) is 18.4 Å². The van der Waals surface area contributed by atoms with Gasteiger partial charge in [-0.05, 0) is 11.1 Å². The molecule has 4 heteroatoms. The Hall–Kier alpha value is -3.24. The summed E-state index contributed by atoms with van der Waals surface area (Å²) in [7, 11) is 0. The summed E-state index contributed by atoms with van der Waals surface area (Å²) in [6, 6.07) is 28.7. The highest BCUT2D eigenvalue weighted by Gasteiger charge is 2.48. The van der Waals surface area contributed by atoms with Gasteiger partial charge in [-0.2, -0.15) is 0 Å². The number of amides is 1. The van der Waals surface area contributed by atoms with E-state index in [1.807, 2.05) is 42.5 Å². The maximum absolute atomic E-state index is 13.7. The molecule has 0 radical (unpaired) electrons. The summed E-state index contributed by atoms with van der Waals surface area (Å²) < 4.78 is 0.267. The number of carbonyl (C=O) groups excluding carboxylic acids is 1. The smallest absolute Gasteiger partial charge is 0.315 e. The first-order valence-electron chi connectivity index (χ1n) is 10.9. The Balaban J connectivity index is 1.80. The lowest BCUT2D eigenvalue weighted by Gasteiger charge is -2.46. The third-order valence-electron chi connectivity index (χ3n) is 6.43. The van der Waals surface area contributed by atoms with Crippen molar-refractivity contribution in [1.29, 1.82) is 0 Å². The van der Waals surface area contributed by atoms with Crippen LogP contribution < -0.4 is 0 Å². The maximum Gasteiger partial charge on any atom is 0.315 e. The predicted molar refractivity (Wildman–Crippen MR) is 120 cm³/mol. The average molecular weight is 415 g/mol. The fourth-order valence-electron chi connectivity index (χ4n) is 4.89. The Bertz CT molecular complexity index is 1050. The average Bonchev–Trinajstić information content (AvgIpc) is 2.82. The Labute approximate surface area is 183 Å². The Morgan fingerprint density at radius 1 is 0.839 bits per heavy atom. The topological polar surface area (TPSA) is 54.4 Å². The maximum atomic E-state index is 13.7. The number of aliphatic carboxylic acids is 1. The largest absolute Gasteiger partial charge is 0.481 e. The van der Waals surface area contributed by atoms with E-state index >= 15 is 0 Å². The normalized spacial score (nSPS) is 20.1. The molecule has 2 atom stereocenters. The fourth-order valence-corrected chi connectivity index (χ4v) is 4.89. The van der Waals surface area contributed by atoms with Crippen molar-refractivity contribution in [2.75, 3.05) is 13.1 Å². The predicted octanol–water partition coefficient (Wildman–Crippen LogP) is 4.78. The number of fused-ring (bicyclic) bond motifs is 1. The van der Waals surface area contributed by atoms with E-state index in [9.17, 15) is 14.7 Å². The van der Waals surface area contributed by atoms with Crippen molar-refractivity contribution in [3.63, 3.8) is 0 Å². The third-order valence-corrected chi connectivity index (χ3v) is 6.43. The van der Waals surface area contributed by atoms with E-state index in [4.69, 9.17) is 0 Å². The van der Waals surface area contributed by atoms with Crippen molar-refractivity contribution in [3.05, 3.63) is 107 Å². The molecule has 0 fully saturated rings. The molecule has 0 spiro atoms. The number of carbonyl (C=O) groups is 2. The van der Waals surface area contributed by atoms with Gasteiger partial charge in [-0.1, -0.05) is 84.9 Å². The molecule has 1 N–H and O–H groups in total. The number of hydrogen-bond acceptors (Lipinski definition) is 2. The summed E-state index contributed by atoms with van der Waals surface area (Å²) in [5.41, 5.74) is 4.75. The zero-order valence-electron chi connectivity index (χ0n) is 17.6. The van der Waals surface area contributed by atoms with E-state index in [1.165, 1.54) is 16.7 Å². The van der Waals surface area contributed by atoms with Crippen molar-refractivity contribution >= 4 is 11.9 Å². The quantitative estimate of drug-likeness (QED) is 0.566. The minimum atomic E-state index is -0.928. The third kappa shape index (κ3) is 4.44. The van der Waals surface area contributed by atoms with Gasteiger partial charge in [0, 0.05) is 24.0 Å². The van der Waals surface area contributed by atoms with Crippen LogP contribution in [0.1, 0.15) is 41.1 Å². The summed E-state index contributed by atoms with van der Waals surface area (Å²) >= 11 is 0. The van der Waals surface area contributed by atoms with E-state index < -0.39 is 5.97 Å². The molecule has 0 aromatic heterocycles. The SMILES string of the molecule is O=C(O)CCC(=O)[N+]1(CCc2ccccc2)CCc2ccccc2C1c1ccccc1. The highest BCUT2D eigenvalue weighted by Crippen LogP contribution is 2.42. The number of quaternary nitrogens is 1. The van der Waals surface area contributed by atoms with E-state index in [0.29, 0.717) is 13.1 Å². The van der Waals surface area contributed by atoms with Crippen molar-refractivity contribution in [3.8, 4) is 0 Å². The van der Waals surface area contributed by atoms with Crippen molar-refractivity contribution in [2.24, 2.45) is 0 Å². The van der Waals surface area contributed by atoms with Crippen LogP contribution >= 0.6 is 0 Å². The molecule has 0 saturated heterocycles. The molecule has 31 heavy (non-hydrogen) atoms. The molecule has 4 rings (SSSR count). The van der Waals surface area contributed by atoms with Crippen LogP contribution in [0, 0.1) is 0 Å². The van der Waals surface area contributed by atoms with Crippen LogP contribution in [0.25, 0.3) is 0 Å². The molecule has 1 aliphatic rings. The van der Waals surface area contributed by atoms with Gasteiger partial charge in [-0.15, -0.1) is 0 Å². The van der Waals surface area contributed by atoms with Crippen LogP contribution in [0.4, 0.5) is 0 Å². The number of carboxylic acid groups (broad SMARTS) is 1. The molecule has 0 aliphatic carbocycles. The van der Waals surface area contributed by atoms with Crippen LogP contribution in [0.3, 0.4) is 0 Å². The first-order valence-corrected chi connectivity index (χ1v) is 10.9. The molecule has 3 aromatic carbocycles. The Kier molecular flexibility index (Phi) is 6.28. The van der Waals surface area contributed by atoms with Crippen LogP contribution in [0.2, 0.25) is 0 Å². The molecule has 0 saturated carbocycles. The van der Waals surface area contributed by atoms with Gasteiger partial charge < -0.3 is 5.11 Å². The van der Waals surface area contributed by atoms with Gasteiger partial charge in [0.25, 0.3) is 0 Å². The van der Waals surface area contributed by atoms with Crippen LogP contribution in [0.5, 0.6) is 0 Å². The second-order valence-electron chi connectivity index (χ2n) is 8.27. The lowest BCUT2D eigenvalue weighted by molar-refractivity contribution is -0.882. The molecular weight excluding hydrogens is 386 g/mol. The second kappa shape index (κ2) is 9.27. The van der Waals surface area contributed by atoms with Gasteiger partial charge in [0.05, 0.1) is 25.9 Å². The minimum absolute atomic E-state index is 0.0155. The molecule has 3 aromatic rings.